The summed E-state index contributed by atoms with van der Waals surface area (Å²) in [6, 6.07) is 6.92. The lowest BCUT2D eigenvalue weighted by Gasteiger charge is -2.22. The first-order valence-corrected chi connectivity index (χ1v) is 7.70. The lowest BCUT2D eigenvalue weighted by atomic mass is 10.1. The quantitative estimate of drug-likeness (QED) is 0.724. The van der Waals surface area contributed by atoms with E-state index in [0.717, 1.165) is 30.6 Å². The molecule has 5 N–H and O–H groups in total. The molecule has 1 saturated heterocycles. The van der Waals surface area contributed by atoms with Crippen LogP contribution in [0.1, 0.15) is 31.7 Å². The number of rotatable bonds is 6. The molecule has 1 aromatic rings. The summed E-state index contributed by atoms with van der Waals surface area (Å²) >= 11 is 0. The molecule has 6 nitrogen and oxygen atoms in total. The van der Waals surface area contributed by atoms with Crippen LogP contribution in [0.4, 0.5) is 5.69 Å². The molecule has 1 unspecified atom stereocenters. The number of carbonyl (C=O) groups excluding carboxylic acids is 2. The van der Waals surface area contributed by atoms with E-state index in [2.05, 4.69) is 10.2 Å². The standard InChI is InChI=1S/C16H24N4O2/c1-2-13(17)16(22)19-12-6-3-5-11(9-12)10-20-8-4-7-14(20)15(18)21/h3,5-6,9,13-14H,2,4,7-8,10,17H2,1H3,(H2,18,21)(H,19,22)/t13-,14?/m0/s1. The number of primary amides is 1. The predicted molar refractivity (Wildman–Crippen MR) is 86.0 cm³/mol. The van der Waals surface area contributed by atoms with Gasteiger partial charge >= 0.3 is 0 Å². The van der Waals surface area contributed by atoms with Crippen molar-refractivity contribution in [1.29, 1.82) is 0 Å². The van der Waals surface area contributed by atoms with Crippen LogP contribution in [-0.4, -0.2) is 35.3 Å². The molecule has 0 radical (unpaired) electrons. The van der Waals surface area contributed by atoms with E-state index in [-0.39, 0.29) is 17.9 Å². The fourth-order valence-electron chi connectivity index (χ4n) is 2.74. The fourth-order valence-corrected chi connectivity index (χ4v) is 2.74. The molecule has 1 fully saturated rings. The molecule has 0 saturated carbocycles. The third-order valence-electron chi connectivity index (χ3n) is 4.05. The molecule has 120 valence electrons. The maximum Gasteiger partial charge on any atom is 0.241 e. The third-order valence-corrected chi connectivity index (χ3v) is 4.05. The van der Waals surface area contributed by atoms with Gasteiger partial charge in [-0.3, -0.25) is 14.5 Å². The Balaban J connectivity index is 2.02. The van der Waals surface area contributed by atoms with Crippen molar-refractivity contribution in [3.05, 3.63) is 29.8 Å². The van der Waals surface area contributed by atoms with Crippen LogP contribution < -0.4 is 16.8 Å². The first-order valence-electron chi connectivity index (χ1n) is 7.70. The van der Waals surface area contributed by atoms with Gasteiger partial charge in [-0.2, -0.15) is 0 Å². The Morgan fingerprint density at radius 2 is 2.23 bits per heavy atom. The van der Waals surface area contributed by atoms with E-state index in [1.807, 2.05) is 31.2 Å². The summed E-state index contributed by atoms with van der Waals surface area (Å²) in [7, 11) is 0. The highest BCUT2D eigenvalue weighted by molar-refractivity contribution is 5.94. The van der Waals surface area contributed by atoms with Gasteiger partial charge in [-0.05, 0) is 43.5 Å². The van der Waals surface area contributed by atoms with Crippen molar-refractivity contribution in [3.8, 4) is 0 Å². The van der Waals surface area contributed by atoms with Gasteiger partial charge in [0.25, 0.3) is 0 Å². The second-order valence-corrected chi connectivity index (χ2v) is 5.74. The second kappa shape index (κ2) is 7.38. The molecule has 2 rings (SSSR count). The van der Waals surface area contributed by atoms with Gasteiger partial charge < -0.3 is 16.8 Å². The molecule has 0 aromatic heterocycles. The molecule has 0 bridgehead atoms. The average Bonchev–Trinajstić information content (AvgIpc) is 2.95. The van der Waals surface area contributed by atoms with Gasteiger partial charge in [0.1, 0.15) is 0 Å². The summed E-state index contributed by atoms with van der Waals surface area (Å²) in [4.78, 5) is 25.3. The summed E-state index contributed by atoms with van der Waals surface area (Å²) in [5.41, 5.74) is 12.9. The molecule has 1 heterocycles. The third kappa shape index (κ3) is 4.05. The Morgan fingerprint density at radius 1 is 1.45 bits per heavy atom. The van der Waals surface area contributed by atoms with Crippen LogP contribution in [0.25, 0.3) is 0 Å². The Morgan fingerprint density at radius 3 is 2.91 bits per heavy atom. The monoisotopic (exact) mass is 304 g/mol. The van der Waals surface area contributed by atoms with Crippen molar-refractivity contribution in [2.24, 2.45) is 11.5 Å². The molecule has 22 heavy (non-hydrogen) atoms. The fraction of sp³-hybridized carbons (Fsp3) is 0.500. The first-order chi connectivity index (χ1) is 10.5. The Hall–Kier alpha value is -1.92. The van der Waals surface area contributed by atoms with E-state index < -0.39 is 6.04 Å². The molecular weight excluding hydrogens is 280 g/mol. The number of nitrogens with two attached hydrogens (primary N) is 2. The minimum atomic E-state index is -0.499. The molecule has 2 atom stereocenters. The highest BCUT2D eigenvalue weighted by Crippen LogP contribution is 2.21. The maximum atomic E-state index is 11.8. The van der Waals surface area contributed by atoms with Crippen molar-refractivity contribution < 1.29 is 9.59 Å². The largest absolute Gasteiger partial charge is 0.368 e. The number of anilines is 1. The summed E-state index contributed by atoms with van der Waals surface area (Å²) in [5.74, 6) is -0.452. The molecule has 0 spiro atoms. The van der Waals surface area contributed by atoms with E-state index >= 15 is 0 Å². The zero-order valence-electron chi connectivity index (χ0n) is 12.9. The van der Waals surface area contributed by atoms with Gasteiger partial charge in [0.15, 0.2) is 0 Å². The number of nitrogens with zero attached hydrogens (tertiary/aromatic N) is 1. The summed E-state index contributed by atoms with van der Waals surface area (Å²) in [6.07, 6.45) is 2.39. The van der Waals surface area contributed by atoms with Crippen molar-refractivity contribution in [1.82, 2.24) is 4.90 Å². The summed E-state index contributed by atoms with van der Waals surface area (Å²) < 4.78 is 0. The first kappa shape index (κ1) is 16.5. The van der Waals surface area contributed by atoms with Gasteiger partial charge in [0.2, 0.25) is 11.8 Å². The number of nitrogens with one attached hydrogen (secondary N) is 1. The van der Waals surface area contributed by atoms with Gasteiger partial charge in [0, 0.05) is 12.2 Å². The molecule has 1 aromatic carbocycles. The van der Waals surface area contributed by atoms with Crippen molar-refractivity contribution in [3.63, 3.8) is 0 Å². The number of hydrogen-bond acceptors (Lipinski definition) is 4. The minimum Gasteiger partial charge on any atom is -0.368 e. The zero-order valence-corrected chi connectivity index (χ0v) is 12.9. The van der Waals surface area contributed by atoms with E-state index in [4.69, 9.17) is 11.5 Å². The SMILES string of the molecule is CC[C@H](N)C(=O)Nc1cccc(CN2CCCC2C(N)=O)c1. The Labute approximate surface area is 130 Å². The molecular formula is C16H24N4O2. The van der Waals surface area contributed by atoms with E-state index in [1.54, 1.807) is 0 Å². The van der Waals surface area contributed by atoms with Gasteiger partial charge in [-0.1, -0.05) is 19.1 Å². The minimum absolute atomic E-state index is 0.184. The van der Waals surface area contributed by atoms with Crippen LogP contribution in [0.15, 0.2) is 24.3 Å². The molecule has 1 aliphatic heterocycles. The normalized spacial score (nSPS) is 19.8. The number of carbonyl (C=O) groups is 2. The Kier molecular flexibility index (Phi) is 5.51. The Bertz CT molecular complexity index is 547. The summed E-state index contributed by atoms with van der Waals surface area (Å²) in [6.45, 7) is 3.39. The van der Waals surface area contributed by atoms with Crippen LogP contribution in [0.3, 0.4) is 0 Å². The number of amides is 2. The average molecular weight is 304 g/mol. The predicted octanol–water partition coefficient (Wildman–Crippen LogP) is 0.812. The molecule has 2 amide bonds. The number of benzene rings is 1. The molecule has 0 aliphatic carbocycles. The number of hydrogen-bond donors (Lipinski definition) is 3. The van der Waals surface area contributed by atoms with Crippen LogP contribution in [-0.2, 0) is 16.1 Å². The molecule has 6 heteroatoms. The van der Waals surface area contributed by atoms with Crippen LogP contribution >= 0.6 is 0 Å². The van der Waals surface area contributed by atoms with Crippen molar-refractivity contribution >= 4 is 17.5 Å². The van der Waals surface area contributed by atoms with Crippen molar-refractivity contribution in [2.45, 2.75) is 44.8 Å². The maximum absolute atomic E-state index is 11.8. The number of likely N-dealkylation sites (tertiary alicyclic amines) is 1. The second-order valence-electron chi connectivity index (χ2n) is 5.74. The highest BCUT2D eigenvalue weighted by Gasteiger charge is 2.28. The van der Waals surface area contributed by atoms with E-state index in [1.165, 1.54) is 0 Å². The van der Waals surface area contributed by atoms with Gasteiger partial charge in [-0.15, -0.1) is 0 Å². The highest BCUT2D eigenvalue weighted by atomic mass is 16.2. The van der Waals surface area contributed by atoms with Crippen LogP contribution in [0, 0.1) is 0 Å². The van der Waals surface area contributed by atoms with Gasteiger partial charge in [0.05, 0.1) is 12.1 Å². The van der Waals surface area contributed by atoms with Crippen LogP contribution in [0.2, 0.25) is 0 Å². The topological polar surface area (TPSA) is 101 Å². The zero-order chi connectivity index (χ0) is 16.1. The van der Waals surface area contributed by atoms with E-state index in [9.17, 15) is 9.59 Å². The molecule has 1 aliphatic rings. The van der Waals surface area contributed by atoms with Crippen LogP contribution in [0.5, 0.6) is 0 Å². The smallest absolute Gasteiger partial charge is 0.241 e. The van der Waals surface area contributed by atoms with E-state index in [0.29, 0.717) is 13.0 Å². The summed E-state index contributed by atoms with van der Waals surface area (Å²) in [5, 5.41) is 2.82. The van der Waals surface area contributed by atoms with Gasteiger partial charge in [-0.25, -0.2) is 0 Å². The van der Waals surface area contributed by atoms with Crippen molar-refractivity contribution in [2.75, 3.05) is 11.9 Å². The lowest BCUT2D eigenvalue weighted by molar-refractivity contribution is -0.122. The lowest BCUT2D eigenvalue weighted by Crippen LogP contribution is -2.39.